The number of aryl methyl sites for hydroxylation is 3. The lowest BCUT2D eigenvalue weighted by Gasteiger charge is -2.18. The van der Waals surface area contributed by atoms with E-state index in [9.17, 15) is 0 Å². The molecule has 0 saturated carbocycles. The first kappa shape index (κ1) is 14.3. The summed E-state index contributed by atoms with van der Waals surface area (Å²) in [7, 11) is 0. The van der Waals surface area contributed by atoms with Crippen LogP contribution in [0.2, 0.25) is 0 Å². The second kappa shape index (κ2) is 6.10. The minimum absolute atomic E-state index is 0.366. The molecule has 1 aromatic heterocycles. The molecule has 2 aliphatic rings. The summed E-state index contributed by atoms with van der Waals surface area (Å²) in [5.74, 6) is 2.49. The molecule has 0 N–H and O–H groups in total. The SMILES string of the molecule is BrC(c1ccc2c(c1)CCCC2)c1cc2c(s1)CCSC2. The van der Waals surface area contributed by atoms with Crippen molar-refractivity contribution < 1.29 is 0 Å². The van der Waals surface area contributed by atoms with E-state index in [4.69, 9.17) is 0 Å². The van der Waals surface area contributed by atoms with Crippen molar-refractivity contribution in [1.82, 2.24) is 0 Å². The van der Waals surface area contributed by atoms with Gasteiger partial charge >= 0.3 is 0 Å². The van der Waals surface area contributed by atoms with Crippen LogP contribution in [0, 0.1) is 0 Å². The number of halogens is 1. The van der Waals surface area contributed by atoms with Crippen molar-refractivity contribution in [1.29, 1.82) is 0 Å². The standard InChI is InChI=1S/C18H19BrS2/c19-18(17-10-15-11-20-8-7-16(15)21-17)14-6-5-12-3-1-2-4-13(12)9-14/h5-6,9-10,18H,1-4,7-8,11H2. The van der Waals surface area contributed by atoms with E-state index in [0.717, 1.165) is 0 Å². The van der Waals surface area contributed by atoms with Crippen molar-refractivity contribution in [3.05, 3.63) is 56.3 Å². The van der Waals surface area contributed by atoms with Crippen molar-refractivity contribution in [2.45, 2.75) is 42.7 Å². The van der Waals surface area contributed by atoms with Gasteiger partial charge in [-0.1, -0.05) is 34.1 Å². The average Bonchev–Trinajstić information content (AvgIpc) is 2.97. The van der Waals surface area contributed by atoms with Gasteiger partial charge in [-0.3, -0.25) is 0 Å². The van der Waals surface area contributed by atoms with E-state index in [1.54, 1.807) is 21.6 Å². The van der Waals surface area contributed by atoms with Crippen LogP contribution in [0.5, 0.6) is 0 Å². The fraction of sp³-hybridized carbons (Fsp3) is 0.444. The Hall–Kier alpha value is -0.250. The third kappa shape index (κ3) is 2.85. The predicted molar refractivity (Wildman–Crippen MR) is 98.0 cm³/mol. The van der Waals surface area contributed by atoms with Crippen molar-refractivity contribution in [2.24, 2.45) is 0 Å². The fourth-order valence-corrected chi connectivity index (χ4v) is 6.45. The van der Waals surface area contributed by atoms with Crippen LogP contribution in [-0.2, 0) is 25.0 Å². The summed E-state index contributed by atoms with van der Waals surface area (Å²) < 4.78 is 0. The van der Waals surface area contributed by atoms with E-state index in [0.29, 0.717) is 4.83 Å². The lowest BCUT2D eigenvalue weighted by molar-refractivity contribution is 0.684. The van der Waals surface area contributed by atoms with Gasteiger partial charge in [0.25, 0.3) is 0 Å². The number of alkyl halides is 1. The first-order chi connectivity index (χ1) is 10.3. The molecule has 0 bridgehead atoms. The van der Waals surface area contributed by atoms with E-state index < -0.39 is 0 Å². The molecule has 2 heterocycles. The van der Waals surface area contributed by atoms with Crippen molar-refractivity contribution in [3.8, 4) is 0 Å². The monoisotopic (exact) mass is 378 g/mol. The van der Waals surface area contributed by atoms with Crippen LogP contribution in [0.15, 0.2) is 24.3 Å². The summed E-state index contributed by atoms with van der Waals surface area (Å²) in [4.78, 5) is 3.47. The Labute approximate surface area is 143 Å². The Morgan fingerprint density at radius 1 is 0.952 bits per heavy atom. The average molecular weight is 379 g/mol. The molecular weight excluding hydrogens is 360 g/mol. The second-order valence-corrected chi connectivity index (χ2v) is 9.19. The third-order valence-electron chi connectivity index (χ3n) is 4.56. The van der Waals surface area contributed by atoms with E-state index in [1.165, 1.54) is 54.1 Å². The van der Waals surface area contributed by atoms with Gasteiger partial charge in [-0.15, -0.1) is 11.3 Å². The Kier molecular flexibility index (Phi) is 4.17. The maximum Gasteiger partial charge on any atom is 0.0738 e. The largest absolute Gasteiger partial charge is 0.157 e. The van der Waals surface area contributed by atoms with Crippen molar-refractivity contribution >= 4 is 39.0 Å². The molecule has 1 aliphatic carbocycles. The minimum atomic E-state index is 0.366. The summed E-state index contributed by atoms with van der Waals surface area (Å²) in [5.41, 5.74) is 6.17. The fourth-order valence-electron chi connectivity index (χ4n) is 3.37. The molecular formula is C18H19BrS2. The van der Waals surface area contributed by atoms with Crippen molar-refractivity contribution in [3.63, 3.8) is 0 Å². The van der Waals surface area contributed by atoms with Gasteiger partial charge in [-0.25, -0.2) is 0 Å². The zero-order valence-corrected chi connectivity index (χ0v) is 15.2. The Morgan fingerprint density at radius 2 is 1.81 bits per heavy atom. The van der Waals surface area contributed by atoms with Gasteiger partial charge in [-0.2, -0.15) is 11.8 Å². The van der Waals surface area contributed by atoms with Gasteiger partial charge in [0.05, 0.1) is 4.83 Å². The number of hydrogen-bond acceptors (Lipinski definition) is 2. The van der Waals surface area contributed by atoms with E-state index >= 15 is 0 Å². The molecule has 1 atom stereocenters. The summed E-state index contributed by atoms with van der Waals surface area (Å²) in [5, 5.41) is 0. The molecule has 3 heteroatoms. The molecule has 110 valence electrons. The van der Waals surface area contributed by atoms with Gasteiger partial charge in [0.15, 0.2) is 0 Å². The lowest BCUT2D eigenvalue weighted by atomic mass is 9.90. The zero-order valence-electron chi connectivity index (χ0n) is 12.0. The molecule has 1 aromatic carbocycles. The highest BCUT2D eigenvalue weighted by atomic mass is 79.9. The Balaban J connectivity index is 1.64. The van der Waals surface area contributed by atoms with Crippen LogP contribution in [0.1, 0.15) is 49.7 Å². The minimum Gasteiger partial charge on any atom is -0.157 e. The van der Waals surface area contributed by atoms with Crippen LogP contribution < -0.4 is 0 Å². The zero-order chi connectivity index (χ0) is 14.2. The first-order valence-electron chi connectivity index (χ1n) is 7.76. The Bertz CT molecular complexity index is 636. The van der Waals surface area contributed by atoms with E-state index in [2.05, 4.69) is 52.0 Å². The predicted octanol–water partition coefficient (Wildman–Crippen LogP) is 5.90. The molecule has 21 heavy (non-hydrogen) atoms. The van der Waals surface area contributed by atoms with Crippen LogP contribution in [0.4, 0.5) is 0 Å². The number of hydrogen-bond donors (Lipinski definition) is 0. The first-order valence-corrected chi connectivity index (χ1v) is 10.6. The molecule has 1 unspecified atom stereocenters. The summed E-state index contributed by atoms with van der Waals surface area (Å²) in [6.07, 6.45) is 6.51. The number of thiophene rings is 1. The highest BCUT2D eigenvalue weighted by molar-refractivity contribution is 9.09. The summed E-state index contributed by atoms with van der Waals surface area (Å²) >= 11 is 8.04. The summed E-state index contributed by atoms with van der Waals surface area (Å²) in [6, 6.07) is 9.57. The van der Waals surface area contributed by atoms with Gasteiger partial charge in [0, 0.05) is 15.5 Å². The molecule has 0 radical (unpaired) electrons. The molecule has 1 aliphatic heterocycles. The maximum absolute atomic E-state index is 3.95. The van der Waals surface area contributed by atoms with Crippen LogP contribution in [0.25, 0.3) is 0 Å². The number of rotatable bonds is 2. The third-order valence-corrected chi connectivity index (χ3v) is 8.20. The van der Waals surface area contributed by atoms with Gasteiger partial charge in [0.1, 0.15) is 0 Å². The highest BCUT2D eigenvalue weighted by Crippen LogP contribution is 2.41. The van der Waals surface area contributed by atoms with E-state index in [1.807, 2.05) is 11.3 Å². The second-order valence-electron chi connectivity index (χ2n) is 6.00. The quantitative estimate of drug-likeness (QED) is 0.586. The molecule has 0 saturated heterocycles. The molecule has 0 nitrogen and oxygen atoms in total. The van der Waals surface area contributed by atoms with E-state index in [-0.39, 0.29) is 0 Å². The molecule has 0 fully saturated rings. The van der Waals surface area contributed by atoms with Crippen LogP contribution in [0.3, 0.4) is 0 Å². The molecule has 4 rings (SSSR count). The molecule has 0 spiro atoms. The topological polar surface area (TPSA) is 0 Å². The van der Waals surface area contributed by atoms with Crippen molar-refractivity contribution in [2.75, 3.05) is 5.75 Å². The number of fused-ring (bicyclic) bond motifs is 2. The Morgan fingerprint density at radius 3 is 2.67 bits per heavy atom. The highest BCUT2D eigenvalue weighted by Gasteiger charge is 2.20. The van der Waals surface area contributed by atoms with Gasteiger partial charge in [0.2, 0.25) is 0 Å². The lowest BCUT2D eigenvalue weighted by Crippen LogP contribution is -2.03. The maximum atomic E-state index is 3.95. The molecule has 2 aromatic rings. The number of benzene rings is 1. The van der Waals surface area contributed by atoms with Gasteiger partial charge < -0.3 is 0 Å². The van der Waals surface area contributed by atoms with Crippen LogP contribution in [-0.4, -0.2) is 5.75 Å². The number of thioether (sulfide) groups is 1. The van der Waals surface area contributed by atoms with Gasteiger partial charge in [-0.05, 0) is 66.2 Å². The summed E-state index contributed by atoms with van der Waals surface area (Å²) in [6.45, 7) is 0. The normalized spacial score (nSPS) is 18.9. The molecule has 0 amide bonds. The van der Waals surface area contributed by atoms with Crippen LogP contribution >= 0.6 is 39.0 Å². The smallest absolute Gasteiger partial charge is 0.0738 e.